The van der Waals surface area contributed by atoms with Gasteiger partial charge in [-0.2, -0.15) is 0 Å². The summed E-state index contributed by atoms with van der Waals surface area (Å²) in [6.45, 7) is 1.70. The van der Waals surface area contributed by atoms with E-state index in [1.54, 1.807) is 5.51 Å². The van der Waals surface area contributed by atoms with Gasteiger partial charge in [0.15, 0.2) is 6.10 Å². The molecule has 1 fully saturated rings. The lowest BCUT2D eigenvalue weighted by molar-refractivity contribution is -0.154. The number of morpholine rings is 1. The van der Waals surface area contributed by atoms with Gasteiger partial charge < -0.3 is 14.4 Å². The number of anilines is 1. The van der Waals surface area contributed by atoms with E-state index in [1.165, 1.54) is 18.4 Å². The Balaban J connectivity index is 2.01. The molecule has 82 valence electrons. The van der Waals surface area contributed by atoms with E-state index in [4.69, 9.17) is 4.74 Å². The van der Waals surface area contributed by atoms with Crippen LogP contribution in [0.25, 0.3) is 0 Å². The molecular weight excluding hydrogens is 218 g/mol. The minimum absolute atomic E-state index is 0.343. The first-order chi connectivity index (χ1) is 7.31. The van der Waals surface area contributed by atoms with Crippen molar-refractivity contribution in [2.75, 3.05) is 31.7 Å². The number of rotatable bonds is 2. The van der Waals surface area contributed by atoms with Crippen LogP contribution in [0.5, 0.6) is 0 Å². The van der Waals surface area contributed by atoms with Gasteiger partial charge in [-0.15, -0.1) is 10.2 Å². The summed E-state index contributed by atoms with van der Waals surface area (Å²) in [5, 5.41) is 8.52. The zero-order chi connectivity index (χ0) is 10.7. The number of carbonyl (C=O) groups excluding carboxylic acids is 1. The standard InChI is InChI=1S/C8H11N3O3S/c1-13-7(12)6-4-11(2-3-14-6)8-10-9-5-15-8/h5-6H,2-4H2,1H3. The minimum Gasteiger partial charge on any atom is -0.467 e. The third-order valence-electron chi connectivity index (χ3n) is 2.15. The highest BCUT2D eigenvalue weighted by atomic mass is 32.1. The molecule has 0 spiro atoms. The van der Waals surface area contributed by atoms with Crippen LogP contribution in [0.1, 0.15) is 0 Å². The zero-order valence-electron chi connectivity index (χ0n) is 8.25. The Morgan fingerprint density at radius 3 is 3.33 bits per heavy atom. The first-order valence-electron chi connectivity index (χ1n) is 4.52. The lowest BCUT2D eigenvalue weighted by Gasteiger charge is -2.30. The van der Waals surface area contributed by atoms with E-state index in [0.29, 0.717) is 13.2 Å². The van der Waals surface area contributed by atoms with Crippen molar-refractivity contribution < 1.29 is 14.3 Å². The van der Waals surface area contributed by atoms with Gasteiger partial charge in [0.05, 0.1) is 20.3 Å². The van der Waals surface area contributed by atoms with Crippen LogP contribution >= 0.6 is 11.3 Å². The fourth-order valence-electron chi connectivity index (χ4n) is 1.40. The molecule has 0 amide bonds. The molecule has 1 aromatic heterocycles. The van der Waals surface area contributed by atoms with Crippen LogP contribution < -0.4 is 4.90 Å². The quantitative estimate of drug-likeness (QED) is 0.661. The summed E-state index contributed by atoms with van der Waals surface area (Å²) in [5.74, 6) is -0.343. The number of aromatic nitrogens is 2. The SMILES string of the molecule is COC(=O)C1CN(c2nncs2)CCO1. The molecule has 6 nitrogen and oxygen atoms in total. The van der Waals surface area contributed by atoms with Crippen LogP contribution in [0.4, 0.5) is 5.13 Å². The molecule has 1 atom stereocenters. The second kappa shape index (κ2) is 4.54. The molecule has 7 heteroatoms. The van der Waals surface area contributed by atoms with Gasteiger partial charge in [-0.3, -0.25) is 0 Å². The summed E-state index contributed by atoms with van der Waals surface area (Å²) in [6, 6.07) is 0. The smallest absolute Gasteiger partial charge is 0.336 e. The fourth-order valence-corrected chi connectivity index (χ4v) is 2.00. The second-order valence-electron chi connectivity index (χ2n) is 3.05. The summed E-state index contributed by atoms with van der Waals surface area (Å²) < 4.78 is 9.93. The molecule has 15 heavy (non-hydrogen) atoms. The highest BCUT2D eigenvalue weighted by molar-refractivity contribution is 7.13. The molecule has 0 radical (unpaired) electrons. The summed E-state index contributed by atoms with van der Waals surface area (Å²) in [4.78, 5) is 13.3. The Morgan fingerprint density at radius 1 is 1.80 bits per heavy atom. The Morgan fingerprint density at radius 2 is 2.67 bits per heavy atom. The van der Waals surface area contributed by atoms with Crippen LogP contribution in [0.3, 0.4) is 0 Å². The number of carbonyl (C=O) groups is 1. The summed E-state index contributed by atoms with van der Waals surface area (Å²) >= 11 is 1.45. The summed E-state index contributed by atoms with van der Waals surface area (Å²) in [5.41, 5.74) is 1.66. The molecule has 0 bridgehead atoms. The van der Waals surface area contributed by atoms with Crippen molar-refractivity contribution in [2.45, 2.75) is 6.10 Å². The Hall–Kier alpha value is -1.21. The number of methoxy groups -OCH3 is 1. The van der Waals surface area contributed by atoms with E-state index >= 15 is 0 Å². The predicted octanol–water partition coefficient (Wildman–Crippen LogP) is -0.0837. The van der Waals surface area contributed by atoms with Gasteiger partial charge in [0.25, 0.3) is 0 Å². The molecule has 2 heterocycles. The first kappa shape index (κ1) is 10.3. The second-order valence-corrected chi connectivity index (χ2v) is 3.86. The van der Waals surface area contributed by atoms with Crippen molar-refractivity contribution in [1.82, 2.24) is 10.2 Å². The molecule has 1 aliphatic heterocycles. The maximum absolute atomic E-state index is 11.3. The van der Waals surface area contributed by atoms with Gasteiger partial charge in [0.2, 0.25) is 5.13 Å². The lowest BCUT2D eigenvalue weighted by atomic mass is 10.3. The molecule has 0 N–H and O–H groups in total. The van der Waals surface area contributed by atoms with Crippen molar-refractivity contribution in [1.29, 1.82) is 0 Å². The van der Waals surface area contributed by atoms with E-state index in [9.17, 15) is 4.79 Å². The highest BCUT2D eigenvalue weighted by Crippen LogP contribution is 2.19. The monoisotopic (exact) mass is 229 g/mol. The molecule has 2 rings (SSSR count). The van der Waals surface area contributed by atoms with E-state index < -0.39 is 6.10 Å². The fraction of sp³-hybridized carbons (Fsp3) is 0.625. The average molecular weight is 229 g/mol. The predicted molar refractivity (Wildman–Crippen MR) is 53.9 cm³/mol. The van der Waals surface area contributed by atoms with Crippen LogP contribution in [0.15, 0.2) is 5.51 Å². The maximum Gasteiger partial charge on any atom is 0.336 e. The lowest BCUT2D eigenvalue weighted by Crippen LogP contribution is -2.46. The number of hydrogen-bond donors (Lipinski definition) is 0. The Kier molecular flexibility index (Phi) is 3.12. The van der Waals surface area contributed by atoms with E-state index in [-0.39, 0.29) is 5.97 Å². The van der Waals surface area contributed by atoms with Crippen molar-refractivity contribution in [3.05, 3.63) is 5.51 Å². The highest BCUT2D eigenvalue weighted by Gasteiger charge is 2.28. The first-order valence-corrected chi connectivity index (χ1v) is 5.40. The van der Waals surface area contributed by atoms with Crippen LogP contribution in [-0.4, -0.2) is 49.1 Å². The maximum atomic E-state index is 11.3. The summed E-state index contributed by atoms with van der Waals surface area (Å²) in [6.07, 6.45) is -0.521. The third-order valence-corrected chi connectivity index (χ3v) is 2.90. The number of hydrogen-bond acceptors (Lipinski definition) is 7. The largest absolute Gasteiger partial charge is 0.467 e. The van der Waals surface area contributed by atoms with Crippen molar-refractivity contribution >= 4 is 22.4 Å². The van der Waals surface area contributed by atoms with Gasteiger partial charge in [-0.1, -0.05) is 11.3 Å². The van der Waals surface area contributed by atoms with Gasteiger partial charge in [-0.25, -0.2) is 4.79 Å². The molecule has 1 saturated heterocycles. The zero-order valence-corrected chi connectivity index (χ0v) is 9.07. The Bertz CT molecular complexity index is 330. The van der Waals surface area contributed by atoms with Crippen LogP contribution in [0, 0.1) is 0 Å². The minimum atomic E-state index is -0.521. The summed E-state index contributed by atoms with van der Waals surface area (Å²) in [7, 11) is 1.36. The van der Waals surface area contributed by atoms with Crippen molar-refractivity contribution in [3.63, 3.8) is 0 Å². The van der Waals surface area contributed by atoms with Gasteiger partial charge in [0, 0.05) is 6.54 Å². The third kappa shape index (κ3) is 2.24. The van der Waals surface area contributed by atoms with Gasteiger partial charge >= 0.3 is 5.97 Å². The molecule has 0 saturated carbocycles. The molecule has 0 aromatic carbocycles. The molecule has 0 aliphatic carbocycles. The van der Waals surface area contributed by atoms with Crippen molar-refractivity contribution in [2.24, 2.45) is 0 Å². The number of nitrogens with zero attached hydrogens (tertiary/aromatic N) is 3. The topological polar surface area (TPSA) is 64.5 Å². The van der Waals surface area contributed by atoms with Gasteiger partial charge in [0.1, 0.15) is 5.51 Å². The van der Waals surface area contributed by atoms with E-state index in [1.807, 2.05) is 4.90 Å². The van der Waals surface area contributed by atoms with Gasteiger partial charge in [-0.05, 0) is 0 Å². The number of esters is 1. The normalized spacial score (nSPS) is 21.4. The number of ether oxygens (including phenoxy) is 2. The van der Waals surface area contributed by atoms with E-state index in [0.717, 1.165) is 11.7 Å². The van der Waals surface area contributed by atoms with Crippen LogP contribution in [-0.2, 0) is 14.3 Å². The molecule has 1 unspecified atom stereocenters. The molecule has 1 aromatic rings. The van der Waals surface area contributed by atoms with E-state index in [2.05, 4.69) is 14.9 Å². The Labute approximate surface area is 90.8 Å². The average Bonchev–Trinajstić information content (AvgIpc) is 2.82. The van der Waals surface area contributed by atoms with Crippen molar-refractivity contribution in [3.8, 4) is 0 Å². The van der Waals surface area contributed by atoms with Crippen LogP contribution in [0.2, 0.25) is 0 Å². The molecular formula is C8H11N3O3S. The molecule has 1 aliphatic rings.